The van der Waals surface area contributed by atoms with E-state index in [9.17, 15) is 29.9 Å². The number of nitro groups is 1. The Hall–Kier alpha value is -2.64. The van der Waals surface area contributed by atoms with Crippen molar-refractivity contribution in [1.29, 1.82) is 0 Å². The minimum Gasteiger partial charge on any atom is -0.394 e. The molecule has 3 N–H and O–H groups in total. The second-order valence-corrected chi connectivity index (χ2v) is 16.4. The summed E-state index contributed by atoms with van der Waals surface area (Å²) in [7, 11) is -2.62. The van der Waals surface area contributed by atoms with E-state index in [0.29, 0.717) is 5.56 Å². The fraction of sp³-hybridized carbons (Fsp3) is 0.583. The molecule has 4 atom stereocenters. The Morgan fingerprint density at radius 2 is 1.97 bits per heavy atom. The van der Waals surface area contributed by atoms with Gasteiger partial charge in [0, 0.05) is 18.7 Å². The van der Waals surface area contributed by atoms with Gasteiger partial charge in [0.05, 0.1) is 41.5 Å². The van der Waals surface area contributed by atoms with Crippen molar-refractivity contribution in [1.82, 2.24) is 9.55 Å². The number of rotatable bonds is 8. The topological polar surface area (TPSA) is 157 Å². The lowest BCUT2D eigenvalue weighted by Gasteiger charge is -2.50. The number of nitro benzene ring substituents is 1. The highest BCUT2D eigenvalue weighted by molar-refractivity contribution is 6.81. The van der Waals surface area contributed by atoms with E-state index in [1.807, 2.05) is 33.9 Å². The Labute approximate surface area is 209 Å². The van der Waals surface area contributed by atoms with Gasteiger partial charge in [0.25, 0.3) is 11.2 Å². The molecule has 198 valence electrons. The smallest absolute Gasteiger partial charge is 0.330 e. The summed E-state index contributed by atoms with van der Waals surface area (Å²) in [6, 6.07) is 6.19. The van der Waals surface area contributed by atoms with Crippen molar-refractivity contribution in [3.05, 3.63) is 72.5 Å². The summed E-state index contributed by atoms with van der Waals surface area (Å²) in [6.07, 6.45) is -1.12. The van der Waals surface area contributed by atoms with Crippen LogP contribution in [0.3, 0.4) is 0 Å². The summed E-state index contributed by atoms with van der Waals surface area (Å²) in [4.78, 5) is 39.0. The summed E-state index contributed by atoms with van der Waals surface area (Å²) in [6.45, 7) is 11.2. The van der Waals surface area contributed by atoms with Crippen LogP contribution in [-0.4, -0.2) is 51.6 Å². The highest BCUT2D eigenvalue weighted by atomic mass is 28.3. The van der Waals surface area contributed by atoms with Crippen LogP contribution in [0.1, 0.15) is 51.3 Å². The van der Waals surface area contributed by atoms with Crippen LogP contribution in [0.2, 0.25) is 18.1 Å². The van der Waals surface area contributed by atoms with Crippen LogP contribution < -0.4 is 11.2 Å². The molecule has 1 fully saturated rings. The molecule has 0 aliphatic carbocycles. The number of nitrogens with one attached hydrogen (secondary N) is 1. The number of aliphatic hydroxyl groups is 2. The van der Waals surface area contributed by atoms with Crippen LogP contribution in [0.5, 0.6) is 0 Å². The molecule has 0 spiro atoms. The van der Waals surface area contributed by atoms with Gasteiger partial charge in [-0.2, -0.15) is 0 Å². The average Bonchev–Trinajstić information content (AvgIpc) is 3.15. The van der Waals surface area contributed by atoms with Gasteiger partial charge in [-0.3, -0.25) is 24.5 Å². The fourth-order valence-corrected chi connectivity index (χ4v) is 7.69. The Kier molecular flexibility index (Phi) is 7.77. The van der Waals surface area contributed by atoms with Crippen LogP contribution in [0, 0.1) is 10.1 Å². The number of benzene rings is 1. The zero-order valence-electron chi connectivity index (χ0n) is 21.5. The predicted molar refractivity (Wildman–Crippen MR) is 135 cm³/mol. The molecule has 1 unspecified atom stereocenters. The van der Waals surface area contributed by atoms with Gasteiger partial charge in [0.15, 0.2) is 0 Å². The number of para-hydroxylation sites is 1. The Morgan fingerprint density at radius 1 is 1.33 bits per heavy atom. The molecule has 1 aromatic carbocycles. The van der Waals surface area contributed by atoms with Crippen LogP contribution in [0.4, 0.5) is 5.69 Å². The Morgan fingerprint density at radius 3 is 2.53 bits per heavy atom. The molecule has 1 aliphatic rings. The molecule has 3 rings (SSSR count). The van der Waals surface area contributed by atoms with Gasteiger partial charge < -0.3 is 19.7 Å². The maximum atomic E-state index is 13.1. The lowest BCUT2D eigenvalue weighted by molar-refractivity contribution is -0.386. The average molecular weight is 522 g/mol. The van der Waals surface area contributed by atoms with E-state index in [0.717, 1.165) is 0 Å². The van der Waals surface area contributed by atoms with Crippen LogP contribution in [0.15, 0.2) is 40.1 Å². The van der Waals surface area contributed by atoms with Crippen LogP contribution in [-0.2, 0) is 21.4 Å². The third-order valence-electron chi connectivity index (χ3n) is 7.76. The third-order valence-corrected chi connectivity index (χ3v) is 14.0. The van der Waals surface area contributed by atoms with Gasteiger partial charge in [-0.25, -0.2) is 4.79 Å². The van der Waals surface area contributed by atoms with Gasteiger partial charge in [-0.15, -0.1) is 0 Å². The number of hydrogen-bond donors (Lipinski definition) is 3. The van der Waals surface area contributed by atoms with Crippen molar-refractivity contribution in [3.63, 3.8) is 0 Å². The van der Waals surface area contributed by atoms with E-state index in [-0.39, 0.29) is 29.3 Å². The second-order valence-electron chi connectivity index (χ2n) is 10.8. The minimum absolute atomic E-state index is 0.0770. The molecule has 12 heteroatoms. The lowest BCUT2D eigenvalue weighted by Crippen LogP contribution is -2.64. The number of hydrogen-bond acceptors (Lipinski definition) is 8. The van der Waals surface area contributed by atoms with E-state index in [4.69, 9.17) is 9.47 Å². The summed E-state index contributed by atoms with van der Waals surface area (Å²) in [5.74, 6) is 0. The van der Waals surface area contributed by atoms with Crippen LogP contribution >= 0.6 is 0 Å². The lowest BCUT2D eigenvalue weighted by atomic mass is 10.1. The molecule has 1 aromatic heterocycles. The zero-order valence-corrected chi connectivity index (χ0v) is 22.5. The number of aromatic amines is 1. The first-order valence-corrected chi connectivity index (χ1v) is 14.8. The maximum Gasteiger partial charge on any atom is 0.330 e. The van der Waals surface area contributed by atoms with Gasteiger partial charge in [0.2, 0.25) is 0 Å². The molecular formula is C24H35N3O8Si. The molecule has 0 saturated carbocycles. The molecule has 0 amide bonds. The van der Waals surface area contributed by atoms with Crippen LogP contribution in [0.25, 0.3) is 0 Å². The van der Waals surface area contributed by atoms with Crippen molar-refractivity contribution >= 4 is 13.8 Å². The quantitative estimate of drug-likeness (QED) is 0.272. The molecule has 2 aromatic rings. The molecule has 1 saturated heterocycles. The van der Waals surface area contributed by atoms with Crippen molar-refractivity contribution in [2.45, 2.75) is 82.5 Å². The summed E-state index contributed by atoms with van der Waals surface area (Å²) in [5.41, 5.74) is -0.939. The second kappa shape index (κ2) is 10.0. The van der Waals surface area contributed by atoms with Gasteiger partial charge in [-0.1, -0.05) is 46.0 Å². The van der Waals surface area contributed by atoms with Gasteiger partial charge >= 0.3 is 5.69 Å². The van der Waals surface area contributed by atoms with Crippen molar-refractivity contribution < 1.29 is 24.6 Å². The van der Waals surface area contributed by atoms with E-state index in [2.05, 4.69) is 4.98 Å². The van der Waals surface area contributed by atoms with E-state index in [1.54, 1.807) is 25.1 Å². The summed E-state index contributed by atoms with van der Waals surface area (Å²) >= 11 is 0. The zero-order chi connectivity index (χ0) is 27.1. The normalized spacial score (nSPS) is 23.6. The Balaban J connectivity index is 2.05. The number of aromatic nitrogens is 2. The first-order chi connectivity index (χ1) is 16.7. The molecule has 0 bridgehead atoms. The van der Waals surface area contributed by atoms with Gasteiger partial charge in [-0.05, 0) is 18.0 Å². The summed E-state index contributed by atoms with van der Waals surface area (Å²) < 4.78 is 13.5. The predicted octanol–water partition coefficient (Wildman–Crippen LogP) is 2.57. The molecule has 2 heterocycles. The first kappa shape index (κ1) is 27.9. The number of ether oxygens (including phenoxy) is 2. The monoisotopic (exact) mass is 521 g/mol. The number of aliphatic hydroxyl groups excluding tert-OH is 2. The van der Waals surface area contributed by atoms with Crippen molar-refractivity contribution in [2.24, 2.45) is 0 Å². The Bertz CT molecular complexity index is 1230. The molecule has 11 nitrogen and oxygen atoms in total. The van der Waals surface area contributed by atoms with E-state index >= 15 is 0 Å². The maximum absolute atomic E-state index is 13.1. The number of nitrogens with zero attached hydrogens (tertiary/aromatic N) is 2. The molecule has 36 heavy (non-hydrogen) atoms. The largest absolute Gasteiger partial charge is 0.394 e. The molecule has 1 aliphatic heterocycles. The highest BCUT2D eigenvalue weighted by Crippen LogP contribution is 2.51. The fourth-order valence-electron chi connectivity index (χ4n) is 4.58. The number of H-pyrrole nitrogens is 1. The summed E-state index contributed by atoms with van der Waals surface area (Å²) in [5, 5.41) is 30.3. The van der Waals surface area contributed by atoms with Crippen molar-refractivity contribution in [3.8, 4) is 0 Å². The van der Waals surface area contributed by atoms with E-state index < -0.39 is 54.5 Å². The van der Waals surface area contributed by atoms with Gasteiger partial charge in [0.1, 0.15) is 19.5 Å². The minimum atomic E-state index is -2.62. The van der Waals surface area contributed by atoms with Crippen molar-refractivity contribution in [2.75, 3.05) is 6.61 Å². The third kappa shape index (κ3) is 4.83. The standard InChI is InChI=1S/C24H35N3O8Si/c1-15(17-9-7-8-10-18(17)27(32)33)34-14-16-12-26(22(31)25-21(16)30)24(36(5,6)23(2,3)4)11-19(29)20(13-28)35-24/h7-10,12,15,19-20,28-29H,11,13-14H2,1-6H3,(H,25,30,31)/t15?,19-,20+,24-/m0/s1. The molecular weight excluding hydrogens is 486 g/mol. The highest BCUT2D eigenvalue weighted by Gasteiger charge is 2.61. The van der Waals surface area contributed by atoms with E-state index in [1.165, 1.54) is 16.8 Å². The molecule has 0 radical (unpaired) electrons. The first-order valence-electron chi connectivity index (χ1n) is 11.8. The SMILES string of the molecule is CC(OCc1cn([C@@]2([Si](C)(C)C(C)(C)C)C[C@H](O)[C@@H](CO)O2)c(=O)[nH]c1=O)c1ccccc1[N+](=O)[O-].